The zero-order valence-corrected chi connectivity index (χ0v) is 72.3. The molecule has 16 nitrogen and oxygen atoms in total. The summed E-state index contributed by atoms with van der Waals surface area (Å²) in [5.74, 6) is 5.61. The molecule has 19 heteroatoms. The van der Waals surface area contributed by atoms with E-state index in [1.807, 2.05) is 128 Å². The summed E-state index contributed by atoms with van der Waals surface area (Å²) in [7, 11) is 5.11. The lowest BCUT2D eigenvalue weighted by molar-refractivity contribution is 0.0482. The number of benzene rings is 7. The van der Waals surface area contributed by atoms with Gasteiger partial charge >= 0.3 is 0 Å². The third kappa shape index (κ3) is 21.0. The molecule has 6 saturated heterocycles. The molecule has 10 aromatic rings. The Kier molecular flexibility index (Phi) is 29.1. The van der Waals surface area contributed by atoms with Gasteiger partial charge in [-0.15, -0.1) is 0 Å². The van der Waals surface area contributed by atoms with Gasteiger partial charge in [-0.3, -0.25) is 29.1 Å². The highest BCUT2D eigenvalue weighted by molar-refractivity contribution is 6.32. The Balaban J connectivity index is 0.000000145. The number of methoxy groups -OCH3 is 3. The van der Waals surface area contributed by atoms with Crippen LogP contribution in [0.25, 0.3) is 32.7 Å². The molecule has 6 aliphatic rings. The van der Waals surface area contributed by atoms with E-state index in [0.29, 0.717) is 71.8 Å². The van der Waals surface area contributed by atoms with Crippen molar-refractivity contribution in [1.29, 1.82) is 0 Å². The van der Waals surface area contributed by atoms with Gasteiger partial charge in [0.15, 0.2) is 0 Å². The molecule has 6 unspecified atom stereocenters. The molecule has 117 heavy (non-hydrogen) atoms. The number of nitrogens with zero attached hydrogens (tertiary/aromatic N) is 6. The fraction of sp³-hybridized carbons (Fsp3) is 0.480. The van der Waals surface area contributed by atoms with Crippen LogP contribution in [-0.4, -0.2) is 143 Å². The van der Waals surface area contributed by atoms with Crippen LogP contribution >= 0.6 is 34.8 Å². The Morgan fingerprint density at radius 3 is 1.14 bits per heavy atom. The molecule has 0 spiro atoms. The van der Waals surface area contributed by atoms with Gasteiger partial charge in [0, 0.05) is 140 Å². The molecule has 6 bridgehead atoms. The maximum Gasteiger partial charge on any atom is 0.253 e. The van der Waals surface area contributed by atoms with Gasteiger partial charge in [0.05, 0.1) is 59.6 Å². The molecular formula is C98H122Cl3N9O7. The maximum absolute atomic E-state index is 13.4. The van der Waals surface area contributed by atoms with Crippen LogP contribution in [-0.2, 0) is 39.0 Å². The van der Waals surface area contributed by atoms with Crippen LogP contribution in [0.15, 0.2) is 170 Å². The van der Waals surface area contributed by atoms with Crippen LogP contribution in [0.2, 0.25) is 15.1 Å². The summed E-state index contributed by atoms with van der Waals surface area (Å²) in [6.45, 7) is 18.2. The van der Waals surface area contributed by atoms with E-state index >= 15 is 0 Å². The number of carbonyl (C=O) groups is 3. The molecule has 7 aromatic carbocycles. The fourth-order valence-corrected chi connectivity index (χ4v) is 20.6. The van der Waals surface area contributed by atoms with E-state index in [9.17, 15) is 14.4 Å². The van der Waals surface area contributed by atoms with Gasteiger partial charge in [-0.05, 0) is 224 Å². The summed E-state index contributed by atoms with van der Waals surface area (Å²) < 4.78 is 30.1. The van der Waals surface area contributed by atoms with Gasteiger partial charge < -0.3 is 48.6 Å². The summed E-state index contributed by atoms with van der Waals surface area (Å²) in [5.41, 5.74) is 10.3. The van der Waals surface area contributed by atoms with Crippen LogP contribution in [0.5, 0.6) is 23.0 Å². The Morgan fingerprint density at radius 2 is 0.769 bits per heavy atom. The van der Waals surface area contributed by atoms with Crippen molar-refractivity contribution in [2.45, 2.75) is 225 Å². The lowest BCUT2D eigenvalue weighted by Crippen LogP contribution is -2.46. The number of fused-ring (bicyclic) bond motifs is 9. The second kappa shape index (κ2) is 40.1. The van der Waals surface area contributed by atoms with Crippen molar-refractivity contribution in [2.24, 2.45) is 23.7 Å². The lowest BCUT2D eigenvalue weighted by Gasteiger charge is -2.39. The SMILES string of the molecule is COc1cccc2c(C(=O)NCC(C)C)cn(CCCN3C4CCC3CC(CCc3ccc(Cl)cc3)C4)c12.COc1cccc2c(C(=O)NCC(C)C)cn(CCCN3C4CCC3CC(Oc3ccccc3Cl)C4)c12.COc1cccc2c(C(=O)NCc3cccc(C)c3)cn(CCCN3C4CCC3CC(CCc3ccc(Cl)cc3)C4)c12. The van der Waals surface area contributed by atoms with Crippen molar-refractivity contribution >= 4 is 85.2 Å². The van der Waals surface area contributed by atoms with E-state index in [0.717, 1.165) is 185 Å². The molecule has 622 valence electrons. The zero-order valence-electron chi connectivity index (χ0n) is 70.0. The Hall–Kier alpha value is -8.48. The summed E-state index contributed by atoms with van der Waals surface area (Å²) in [5, 5.41) is 14.5. The van der Waals surface area contributed by atoms with Gasteiger partial charge in [-0.2, -0.15) is 0 Å². The smallest absolute Gasteiger partial charge is 0.253 e. The molecule has 16 rings (SSSR count). The number of ether oxygens (including phenoxy) is 4. The van der Waals surface area contributed by atoms with Crippen LogP contribution in [0.3, 0.4) is 0 Å². The molecule has 0 aliphatic carbocycles. The topological polar surface area (TPSA) is 149 Å². The Labute approximate surface area is 708 Å². The van der Waals surface area contributed by atoms with Crippen molar-refractivity contribution in [3.05, 3.63) is 224 Å². The van der Waals surface area contributed by atoms with E-state index in [2.05, 4.69) is 121 Å². The molecule has 6 atom stereocenters. The molecule has 3 amide bonds. The van der Waals surface area contributed by atoms with Crippen LogP contribution in [0, 0.1) is 30.6 Å². The molecule has 6 fully saturated rings. The standard InChI is InChI=1S/C36H42ClN3O2.C32H42ClN3O2.C30H38ClN3O3/c1-25-6-3-7-28(20-25)23-38-36(41)33-24-39(35-32(33)8-4-9-34(35)42-2)18-5-19-40-30-16-17-31(40)22-27(21-30)11-10-26-12-14-29(37)15-13-26;1-22(2)20-34-32(37)29-21-35(31-28(29)6-4-7-30(31)38-3)16-5-17-36-26-14-15-27(36)19-24(18-26)9-8-23-10-12-25(33)13-11-23;1-20(2)18-32-30(35)25-19-33(29-24(25)8-6-11-28(29)36-3)14-7-15-34-21-12-13-22(34)17-23(16-21)37-27-10-5-4-9-26(27)31/h3-4,6-9,12-15,20,24,27,30-31H,5,10-11,16-19,21-23H2,1-2H3,(H,38,41);4,6-7,10-13,21-22,24,26-27H,5,8-9,14-20H2,1-3H3,(H,34,37);4-6,8-11,19-23H,7,12-18H2,1-3H3,(H,32,35). The van der Waals surface area contributed by atoms with E-state index in [1.54, 1.807) is 21.3 Å². The molecular weight excluding hydrogens is 1520 g/mol. The summed E-state index contributed by atoms with van der Waals surface area (Å²) in [6.07, 6.45) is 29.4. The number of hydrogen-bond donors (Lipinski definition) is 3. The number of amides is 3. The zero-order chi connectivity index (χ0) is 81.6. The van der Waals surface area contributed by atoms with E-state index in [4.69, 9.17) is 53.8 Å². The first kappa shape index (κ1) is 85.0. The average molecular weight is 1640 g/mol. The van der Waals surface area contributed by atoms with Crippen LogP contribution in [0.1, 0.15) is 190 Å². The fourth-order valence-electron chi connectivity index (χ4n) is 20.1. The third-order valence-electron chi connectivity index (χ3n) is 25.7. The first-order chi connectivity index (χ1) is 56.8. The predicted molar refractivity (Wildman–Crippen MR) is 477 cm³/mol. The number of piperidine rings is 3. The summed E-state index contributed by atoms with van der Waals surface area (Å²) >= 11 is 18.5. The van der Waals surface area contributed by atoms with Crippen molar-refractivity contribution in [2.75, 3.05) is 54.1 Å². The first-order valence-electron chi connectivity index (χ1n) is 43.4. The highest BCUT2D eigenvalue weighted by Crippen LogP contribution is 2.44. The number of hydrogen-bond acceptors (Lipinski definition) is 10. The van der Waals surface area contributed by atoms with Crippen LogP contribution in [0.4, 0.5) is 0 Å². The molecule has 3 N–H and O–H groups in total. The van der Waals surface area contributed by atoms with Gasteiger partial charge in [0.1, 0.15) is 29.1 Å². The number of aromatic nitrogens is 3. The van der Waals surface area contributed by atoms with E-state index < -0.39 is 0 Å². The van der Waals surface area contributed by atoms with Gasteiger partial charge in [0.2, 0.25) is 0 Å². The Morgan fingerprint density at radius 1 is 0.410 bits per heavy atom. The summed E-state index contributed by atoms with van der Waals surface area (Å²) in [4.78, 5) is 47.6. The number of rotatable bonds is 32. The second-order valence-electron chi connectivity index (χ2n) is 34.7. The number of para-hydroxylation sites is 4. The molecule has 0 radical (unpaired) electrons. The molecule has 0 saturated carbocycles. The van der Waals surface area contributed by atoms with E-state index in [1.165, 1.54) is 93.7 Å². The monoisotopic (exact) mass is 1640 g/mol. The lowest BCUT2D eigenvalue weighted by atomic mass is 9.86. The minimum atomic E-state index is -0.0489. The number of halogens is 3. The largest absolute Gasteiger partial charge is 0.495 e. The first-order valence-corrected chi connectivity index (χ1v) is 44.5. The van der Waals surface area contributed by atoms with Crippen molar-refractivity contribution in [1.82, 2.24) is 44.4 Å². The van der Waals surface area contributed by atoms with Crippen molar-refractivity contribution in [3.8, 4) is 23.0 Å². The van der Waals surface area contributed by atoms with Gasteiger partial charge in [-0.1, -0.05) is 165 Å². The van der Waals surface area contributed by atoms with E-state index in [-0.39, 0.29) is 23.8 Å². The minimum absolute atomic E-state index is 0.00517. The van der Waals surface area contributed by atoms with Crippen LogP contribution < -0.4 is 34.9 Å². The number of aryl methyl sites for hydroxylation is 6. The quantitative estimate of drug-likeness (QED) is 0.0372. The third-order valence-corrected chi connectivity index (χ3v) is 26.6. The van der Waals surface area contributed by atoms with Crippen molar-refractivity contribution < 1.29 is 33.3 Å². The normalized spacial score (nSPS) is 21.0. The van der Waals surface area contributed by atoms with Gasteiger partial charge in [-0.25, -0.2) is 0 Å². The maximum atomic E-state index is 13.4. The highest BCUT2D eigenvalue weighted by Gasteiger charge is 2.43. The molecule has 6 aliphatic heterocycles. The summed E-state index contributed by atoms with van der Waals surface area (Å²) in [6, 6.07) is 54.6. The average Bonchev–Trinajstić information content (AvgIpc) is 1.64. The predicted octanol–water partition coefficient (Wildman–Crippen LogP) is 20.9. The van der Waals surface area contributed by atoms with Gasteiger partial charge in [0.25, 0.3) is 17.7 Å². The number of carbonyl (C=O) groups excluding carboxylic acids is 3. The Bertz CT molecular complexity index is 4940. The second-order valence-corrected chi connectivity index (χ2v) is 36.0. The molecule has 9 heterocycles. The van der Waals surface area contributed by atoms with Crippen molar-refractivity contribution in [3.63, 3.8) is 0 Å². The number of nitrogens with one attached hydrogen (secondary N) is 3. The highest BCUT2D eigenvalue weighted by atomic mass is 35.5. The minimum Gasteiger partial charge on any atom is -0.495 e. The molecule has 3 aromatic heterocycles.